The molecule has 0 spiro atoms. The minimum Gasteiger partial charge on any atom is -0.302 e. The van der Waals surface area contributed by atoms with Gasteiger partial charge in [-0.1, -0.05) is 34.8 Å². The number of nitrogens with one attached hydrogen (secondary N) is 1. The molecule has 1 aromatic carbocycles. The molecule has 2 rings (SSSR count). The summed E-state index contributed by atoms with van der Waals surface area (Å²) >= 11 is 3.54. The van der Waals surface area contributed by atoms with E-state index in [1.165, 1.54) is 31.2 Å². The molecule has 1 fully saturated rings. The molecule has 1 amide bonds. The summed E-state index contributed by atoms with van der Waals surface area (Å²) in [6.07, 6.45) is 5.48. The van der Waals surface area contributed by atoms with Gasteiger partial charge in [-0.05, 0) is 43.5 Å². The summed E-state index contributed by atoms with van der Waals surface area (Å²) in [5.74, 6) is 5.72. The lowest BCUT2D eigenvalue weighted by molar-refractivity contribution is 0.0953. The minimum atomic E-state index is -0.267. The van der Waals surface area contributed by atoms with E-state index in [1.54, 1.807) is 0 Å². The number of carbonyl (C=O) groups excluding carboxylic acids is 1. The number of hydrogen-bond donors (Lipinski definition) is 2. The minimum absolute atomic E-state index is 0.267. The lowest BCUT2D eigenvalue weighted by Crippen LogP contribution is -2.30. The van der Waals surface area contributed by atoms with Crippen LogP contribution in [0.15, 0.2) is 22.7 Å². The van der Waals surface area contributed by atoms with Gasteiger partial charge in [-0.2, -0.15) is 0 Å². The van der Waals surface area contributed by atoms with Crippen LogP contribution < -0.4 is 11.3 Å². The third-order valence-corrected chi connectivity index (χ3v) is 4.67. The lowest BCUT2D eigenvalue weighted by Gasteiger charge is -2.21. The Labute approximate surface area is 128 Å². The Bertz CT molecular complexity index is 472. The second-order valence-corrected chi connectivity index (χ2v) is 6.48. The largest absolute Gasteiger partial charge is 0.302 e. The van der Waals surface area contributed by atoms with Crippen LogP contribution in [-0.4, -0.2) is 24.4 Å². The number of benzene rings is 1. The van der Waals surface area contributed by atoms with Crippen molar-refractivity contribution in [1.29, 1.82) is 0 Å². The zero-order chi connectivity index (χ0) is 14.5. The van der Waals surface area contributed by atoms with Gasteiger partial charge < -0.3 is 4.90 Å². The van der Waals surface area contributed by atoms with Gasteiger partial charge in [0.2, 0.25) is 0 Å². The number of hydrazine groups is 1. The molecule has 1 aliphatic carbocycles. The van der Waals surface area contributed by atoms with Crippen molar-refractivity contribution in [3.05, 3.63) is 33.8 Å². The number of nitrogens with zero attached hydrogens (tertiary/aromatic N) is 1. The first kappa shape index (κ1) is 15.5. The van der Waals surface area contributed by atoms with Gasteiger partial charge in [-0.3, -0.25) is 10.2 Å². The molecule has 5 heteroatoms. The summed E-state index contributed by atoms with van der Waals surface area (Å²) in [4.78, 5) is 13.8. The monoisotopic (exact) mass is 339 g/mol. The first-order valence-corrected chi connectivity index (χ1v) is 7.87. The van der Waals surface area contributed by atoms with E-state index in [0.717, 1.165) is 23.5 Å². The van der Waals surface area contributed by atoms with E-state index < -0.39 is 0 Å². The van der Waals surface area contributed by atoms with E-state index in [0.29, 0.717) is 5.56 Å². The highest BCUT2D eigenvalue weighted by Gasteiger charge is 2.17. The quantitative estimate of drug-likeness (QED) is 0.492. The zero-order valence-corrected chi connectivity index (χ0v) is 13.4. The van der Waals surface area contributed by atoms with Crippen molar-refractivity contribution in [2.24, 2.45) is 11.8 Å². The fourth-order valence-electron chi connectivity index (χ4n) is 2.89. The molecule has 1 aliphatic rings. The van der Waals surface area contributed by atoms with Crippen molar-refractivity contribution in [3.63, 3.8) is 0 Å². The topological polar surface area (TPSA) is 58.4 Å². The van der Waals surface area contributed by atoms with E-state index in [4.69, 9.17) is 5.84 Å². The smallest absolute Gasteiger partial charge is 0.265 e. The summed E-state index contributed by atoms with van der Waals surface area (Å²) in [7, 11) is 2.16. The molecule has 4 nitrogen and oxygen atoms in total. The molecule has 3 N–H and O–H groups in total. The Hall–Kier alpha value is -0.910. The second kappa shape index (κ2) is 7.20. The van der Waals surface area contributed by atoms with Gasteiger partial charge in [0.25, 0.3) is 5.91 Å². The molecule has 0 unspecified atom stereocenters. The van der Waals surface area contributed by atoms with Crippen LogP contribution in [0.2, 0.25) is 0 Å². The van der Waals surface area contributed by atoms with Crippen LogP contribution in [0.25, 0.3) is 0 Å². The van der Waals surface area contributed by atoms with Gasteiger partial charge in [-0.15, -0.1) is 0 Å². The number of hydrogen-bond acceptors (Lipinski definition) is 3. The molecule has 1 saturated carbocycles. The number of amides is 1. The third-order valence-electron chi connectivity index (χ3n) is 3.93. The van der Waals surface area contributed by atoms with Gasteiger partial charge in [0, 0.05) is 23.1 Å². The van der Waals surface area contributed by atoms with Crippen LogP contribution in [0.3, 0.4) is 0 Å². The summed E-state index contributed by atoms with van der Waals surface area (Å²) in [6.45, 7) is 2.04. The summed E-state index contributed by atoms with van der Waals surface area (Å²) < 4.78 is 0.955. The van der Waals surface area contributed by atoms with Crippen LogP contribution in [0.1, 0.15) is 41.6 Å². The van der Waals surface area contributed by atoms with E-state index in [9.17, 15) is 4.79 Å². The number of nitrogens with two attached hydrogens (primary N) is 1. The average molecular weight is 340 g/mol. The van der Waals surface area contributed by atoms with Crippen LogP contribution >= 0.6 is 15.9 Å². The lowest BCUT2D eigenvalue weighted by atomic mass is 10.1. The Morgan fingerprint density at radius 3 is 2.75 bits per heavy atom. The Kier molecular flexibility index (Phi) is 5.57. The van der Waals surface area contributed by atoms with Crippen molar-refractivity contribution in [3.8, 4) is 0 Å². The third kappa shape index (κ3) is 4.04. The Morgan fingerprint density at radius 2 is 2.15 bits per heavy atom. The van der Waals surface area contributed by atoms with Crippen LogP contribution in [0.4, 0.5) is 0 Å². The molecule has 110 valence electrons. The second-order valence-electron chi connectivity index (χ2n) is 5.63. The SMILES string of the molecule is CN(Cc1ccc(C(=O)NN)cc1Br)CC1CCCC1. The standard InChI is InChI=1S/C15H22BrN3O/c1-19(9-11-4-2-3-5-11)10-13-7-6-12(8-14(13)16)15(20)18-17/h6-8,11H,2-5,9-10,17H2,1H3,(H,18,20). The molecule has 0 atom stereocenters. The average Bonchev–Trinajstić information content (AvgIpc) is 2.93. The van der Waals surface area contributed by atoms with Crippen molar-refractivity contribution in [2.75, 3.05) is 13.6 Å². The molecule has 0 heterocycles. The highest BCUT2D eigenvalue weighted by molar-refractivity contribution is 9.10. The zero-order valence-electron chi connectivity index (χ0n) is 11.9. The predicted octanol–water partition coefficient (Wildman–Crippen LogP) is 2.67. The summed E-state index contributed by atoms with van der Waals surface area (Å²) in [5, 5.41) is 0. The fourth-order valence-corrected chi connectivity index (χ4v) is 3.39. The number of nitrogen functional groups attached to an aromatic ring is 1. The summed E-state index contributed by atoms with van der Waals surface area (Å²) in [6, 6.07) is 5.62. The molecular formula is C15H22BrN3O. The Morgan fingerprint density at radius 1 is 1.45 bits per heavy atom. The van der Waals surface area contributed by atoms with Crippen molar-refractivity contribution in [1.82, 2.24) is 10.3 Å². The molecule has 0 aromatic heterocycles. The van der Waals surface area contributed by atoms with Crippen LogP contribution in [0.5, 0.6) is 0 Å². The molecule has 0 bridgehead atoms. The first-order valence-electron chi connectivity index (χ1n) is 7.08. The van der Waals surface area contributed by atoms with Gasteiger partial charge >= 0.3 is 0 Å². The van der Waals surface area contributed by atoms with Crippen LogP contribution in [-0.2, 0) is 6.54 Å². The normalized spacial score (nSPS) is 15.8. The number of carbonyl (C=O) groups is 1. The Balaban J connectivity index is 1.96. The maximum absolute atomic E-state index is 11.5. The molecule has 0 radical (unpaired) electrons. The van der Waals surface area contributed by atoms with E-state index in [2.05, 4.69) is 33.3 Å². The molecule has 1 aromatic rings. The van der Waals surface area contributed by atoms with Crippen molar-refractivity contribution in [2.45, 2.75) is 32.2 Å². The number of rotatable bonds is 5. The highest BCUT2D eigenvalue weighted by atomic mass is 79.9. The molecule has 0 aliphatic heterocycles. The maximum Gasteiger partial charge on any atom is 0.265 e. The van der Waals surface area contributed by atoms with E-state index in [1.807, 2.05) is 18.2 Å². The first-order chi connectivity index (χ1) is 9.60. The fraction of sp³-hybridized carbons (Fsp3) is 0.533. The van der Waals surface area contributed by atoms with Gasteiger partial charge in [0.15, 0.2) is 0 Å². The van der Waals surface area contributed by atoms with Crippen molar-refractivity contribution < 1.29 is 4.79 Å². The predicted molar refractivity (Wildman–Crippen MR) is 84.1 cm³/mol. The van der Waals surface area contributed by atoms with E-state index >= 15 is 0 Å². The van der Waals surface area contributed by atoms with Crippen LogP contribution in [0, 0.1) is 5.92 Å². The number of halogens is 1. The van der Waals surface area contributed by atoms with Crippen molar-refractivity contribution >= 4 is 21.8 Å². The van der Waals surface area contributed by atoms with Gasteiger partial charge in [-0.25, -0.2) is 5.84 Å². The molecule has 20 heavy (non-hydrogen) atoms. The molecule has 0 saturated heterocycles. The molecular weight excluding hydrogens is 318 g/mol. The highest BCUT2D eigenvalue weighted by Crippen LogP contribution is 2.26. The maximum atomic E-state index is 11.5. The van der Waals surface area contributed by atoms with Gasteiger partial charge in [0.05, 0.1) is 0 Å². The van der Waals surface area contributed by atoms with Gasteiger partial charge in [0.1, 0.15) is 0 Å². The summed E-state index contributed by atoms with van der Waals surface area (Å²) in [5.41, 5.74) is 3.91. The van der Waals surface area contributed by atoms with E-state index in [-0.39, 0.29) is 5.91 Å².